The van der Waals surface area contributed by atoms with Gasteiger partial charge in [0.2, 0.25) is 0 Å². The average Bonchev–Trinajstić information content (AvgIpc) is 2.17. The number of nitroso groups, excluding NO2 is 2. The van der Waals surface area contributed by atoms with Gasteiger partial charge < -0.3 is 4.74 Å². The number of hydrogen-bond acceptors (Lipinski definition) is 5. The average molecular weight is 186 g/mol. The molecular weight excluding hydrogens is 172 g/mol. The van der Waals surface area contributed by atoms with Gasteiger partial charge in [-0.3, -0.25) is 0 Å². The molecule has 0 aromatic rings. The van der Waals surface area contributed by atoms with Crippen molar-refractivity contribution in [3.63, 3.8) is 0 Å². The van der Waals surface area contributed by atoms with Crippen molar-refractivity contribution in [2.75, 3.05) is 6.54 Å². The van der Waals surface area contributed by atoms with Crippen molar-refractivity contribution in [1.29, 1.82) is 0 Å². The number of hydrogen-bond donors (Lipinski definition) is 0. The van der Waals surface area contributed by atoms with E-state index in [0.29, 0.717) is 12.8 Å². The largest absolute Gasteiger partial charge is 0.373 e. The molecule has 1 aliphatic heterocycles. The van der Waals surface area contributed by atoms with Crippen LogP contribution in [-0.4, -0.2) is 24.8 Å². The minimum atomic E-state index is -0.209. The third-order valence-electron chi connectivity index (χ3n) is 2.34. The molecule has 0 aromatic heterocycles. The molecule has 74 valence electrons. The van der Waals surface area contributed by atoms with Gasteiger partial charge in [-0.1, -0.05) is 17.3 Å². The highest BCUT2D eigenvalue weighted by atomic mass is 16.5. The fraction of sp³-hybridized carbons (Fsp3) is 1.00. The van der Waals surface area contributed by atoms with E-state index in [1.165, 1.54) is 0 Å². The van der Waals surface area contributed by atoms with Crippen LogP contribution in [0.25, 0.3) is 0 Å². The Morgan fingerprint density at radius 2 is 2.00 bits per heavy atom. The summed E-state index contributed by atoms with van der Waals surface area (Å²) in [5.74, 6) is 0. The first kappa shape index (κ1) is 10.2. The predicted octanol–water partition coefficient (Wildman–Crippen LogP) is 1.85. The third-order valence-corrected chi connectivity index (χ3v) is 2.34. The summed E-state index contributed by atoms with van der Waals surface area (Å²) in [6.45, 7) is 2.12. The summed E-state index contributed by atoms with van der Waals surface area (Å²) in [6.07, 6.45) is 1.91. The smallest absolute Gasteiger partial charge is 0.107 e. The third kappa shape index (κ3) is 2.84. The van der Waals surface area contributed by atoms with Crippen molar-refractivity contribution >= 4 is 0 Å². The Bertz CT molecular complexity index is 186. The van der Waals surface area contributed by atoms with Crippen LogP contribution < -0.4 is 0 Å². The Hall–Kier alpha value is -0.840. The predicted molar refractivity (Wildman–Crippen MR) is 48.4 cm³/mol. The Labute approximate surface area is 76.8 Å². The number of nitrogens with zero attached hydrogens (tertiary/aromatic N) is 2. The zero-order valence-corrected chi connectivity index (χ0v) is 7.68. The van der Waals surface area contributed by atoms with Crippen LogP contribution in [0.4, 0.5) is 0 Å². The maximum atomic E-state index is 10.4. The summed E-state index contributed by atoms with van der Waals surface area (Å²) in [7, 11) is 0. The van der Waals surface area contributed by atoms with Crippen molar-refractivity contribution in [1.82, 2.24) is 0 Å². The SMILES string of the molecule is CCC1CC(N=O)CC(CN=O)O1. The fourth-order valence-corrected chi connectivity index (χ4v) is 1.64. The molecule has 1 rings (SSSR count). The summed E-state index contributed by atoms with van der Waals surface area (Å²) < 4.78 is 5.52. The lowest BCUT2D eigenvalue weighted by Gasteiger charge is -2.30. The molecule has 1 saturated heterocycles. The first-order valence-electron chi connectivity index (χ1n) is 4.57. The van der Waals surface area contributed by atoms with Crippen LogP contribution in [0.2, 0.25) is 0 Å². The normalized spacial score (nSPS) is 34.1. The van der Waals surface area contributed by atoms with Gasteiger partial charge in [0, 0.05) is 6.42 Å². The molecule has 1 heterocycles. The molecule has 5 nitrogen and oxygen atoms in total. The van der Waals surface area contributed by atoms with Crippen molar-refractivity contribution < 1.29 is 4.74 Å². The standard InChI is InChI=1S/C8H14N2O3/c1-2-7-3-6(10-12)4-8(13-7)5-9-11/h6-8H,2-5H2,1H3. The van der Waals surface area contributed by atoms with Gasteiger partial charge >= 0.3 is 0 Å². The number of ether oxygens (including phenoxy) is 1. The van der Waals surface area contributed by atoms with Crippen LogP contribution >= 0.6 is 0 Å². The van der Waals surface area contributed by atoms with Crippen molar-refractivity contribution in [3.05, 3.63) is 9.81 Å². The second-order valence-electron chi connectivity index (χ2n) is 3.33. The van der Waals surface area contributed by atoms with Gasteiger partial charge in [-0.15, -0.1) is 0 Å². The van der Waals surface area contributed by atoms with E-state index in [9.17, 15) is 9.81 Å². The van der Waals surface area contributed by atoms with Crippen molar-refractivity contribution in [2.24, 2.45) is 10.4 Å². The van der Waals surface area contributed by atoms with E-state index in [1.54, 1.807) is 0 Å². The van der Waals surface area contributed by atoms with E-state index in [0.717, 1.165) is 6.42 Å². The summed E-state index contributed by atoms with van der Waals surface area (Å²) in [6, 6.07) is -0.203. The second-order valence-corrected chi connectivity index (χ2v) is 3.33. The van der Waals surface area contributed by atoms with Gasteiger partial charge in [0.05, 0.1) is 18.2 Å². The van der Waals surface area contributed by atoms with Crippen molar-refractivity contribution in [3.8, 4) is 0 Å². The van der Waals surface area contributed by atoms with Crippen LogP contribution in [0.1, 0.15) is 26.2 Å². The van der Waals surface area contributed by atoms with E-state index in [2.05, 4.69) is 10.4 Å². The molecule has 3 unspecified atom stereocenters. The minimum absolute atomic E-state index is 0.0585. The van der Waals surface area contributed by atoms with Gasteiger partial charge in [0.25, 0.3) is 0 Å². The maximum Gasteiger partial charge on any atom is 0.107 e. The summed E-state index contributed by atoms with van der Waals surface area (Å²) >= 11 is 0. The van der Waals surface area contributed by atoms with E-state index in [1.807, 2.05) is 6.92 Å². The quantitative estimate of drug-likeness (QED) is 0.629. The lowest BCUT2D eigenvalue weighted by Crippen LogP contribution is -2.36. The Balaban J connectivity index is 2.48. The molecule has 0 spiro atoms. The van der Waals surface area contributed by atoms with E-state index in [4.69, 9.17) is 4.74 Å². The lowest BCUT2D eigenvalue weighted by molar-refractivity contribution is -0.0521. The minimum Gasteiger partial charge on any atom is -0.373 e. The first-order valence-corrected chi connectivity index (χ1v) is 4.57. The van der Waals surface area contributed by atoms with Gasteiger partial charge in [-0.25, -0.2) is 0 Å². The molecule has 1 aliphatic rings. The lowest BCUT2D eigenvalue weighted by atomic mass is 9.98. The highest BCUT2D eigenvalue weighted by Gasteiger charge is 2.29. The van der Waals surface area contributed by atoms with Crippen LogP contribution in [0.15, 0.2) is 10.4 Å². The Kier molecular flexibility index (Phi) is 3.95. The highest BCUT2D eigenvalue weighted by Crippen LogP contribution is 2.23. The fourth-order valence-electron chi connectivity index (χ4n) is 1.64. The molecule has 0 saturated carbocycles. The molecule has 1 fully saturated rings. The molecule has 0 bridgehead atoms. The molecule has 5 heteroatoms. The Morgan fingerprint density at radius 1 is 1.31 bits per heavy atom. The summed E-state index contributed by atoms with van der Waals surface area (Å²) in [5, 5.41) is 5.78. The van der Waals surface area contributed by atoms with Crippen LogP contribution in [0.5, 0.6) is 0 Å². The Morgan fingerprint density at radius 3 is 2.54 bits per heavy atom. The van der Waals surface area contributed by atoms with E-state index in [-0.39, 0.29) is 24.8 Å². The summed E-state index contributed by atoms with van der Waals surface area (Å²) in [5.41, 5.74) is 0. The van der Waals surface area contributed by atoms with Crippen LogP contribution in [-0.2, 0) is 4.74 Å². The molecule has 3 atom stereocenters. The molecule has 0 aliphatic carbocycles. The second kappa shape index (κ2) is 5.01. The highest BCUT2D eigenvalue weighted by molar-refractivity contribution is 4.82. The molecular formula is C8H14N2O3. The van der Waals surface area contributed by atoms with E-state index >= 15 is 0 Å². The number of rotatable bonds is 4. The maximum absolute atomic E-state index is 10.4. The first-order chi connectivity index (χ1) is 6.30. The monoisotopic (exact) mass is 186 g/mol. The van der Waals surface area contributed by atoms with Crippen LogP contribution in [0, 0.1) is 9.81 Å². The van der Waals surface area contributed by atoms with E-state index < -0.39 is 0 Å². The molecule has 0 N–H and O–H groups in total. The molecule has 0 radical (unpaired) electrons. The zero-order chi connectivity index (χ0) is 9.68. The van der Waals surface area contributed by atoms with Gasteiger partial charge in [-0.2, -0.15) is 9.81 Å². The van der Waals surface area contributed by atoms with Gasteiger partial charge in [0.15, 0.2) is 0 Å². The van der Waals surface area contributed by atoms with Crippen LogP contribution in [0.3, 0.4) is 0 Å². The molecule has 13 heavy (non-hydrogen) atoms. The molecule has 0 aromatic carbocycles. The zero-order valence-electron chi connectivity index (χ0n) is 7.68. The molecule has 0 amide bonds. The van der Waals surface area contributed by atoms with Crippen molar-refractivity contribution in [2.45, 2.75) is 44.4 Å². The van der Waals surface area contributed by atoms with Gasteiger partial charge in [0.1, 0.15) is 6.54 Å². The topological polar surface area (TPSA) is 68.1 Å². The summed E-state index contributed by atoms with van der Waals surface area (Å²) in [4.78, 5) is 20.4. The van der Waals surface area contributed by atoms with Gasteiger partial charge in [-0.05, 0) is 12.8 Å².